The van der Waals surface area contributed by atoms with Crippen LogP contribution in [0.2, 0.25) is 5.02 Å². The Hall–Kier alpha value is -1.61. The molecule has 1 N–H and O–H groups in total. The summed E-state index contributed by atoms with van der Waals surface area (Å²) < 4.78 is 0. The molecule has 0 amide bonds. The van der Waals surface area contributed by atoms with Gasteiger partial charge < -0.3 is 5.32 Å². The number of rotatable bonds is 3. The van der Waals surface area contributed by atoms with Gasteiger partial charge in [0.15, 0.2) is 0 Å². The summed E-state index contributed by atoms with van der Waals surface area (Å²) in [5.41, 5.74) is 1.91. The van der Waals surface area contributed by atoms with E-state index in [4.69, 9.17) is 11.6 Å². The Morgan fingerprint density at radius 3 is 2.47 bits per heavy atom. The second kappa shape index (κ2) is 4.34. The van der Waals surface area contributed by atoms with Gasteiger partial charge in [0.25, 0.3) is 0 Å². The zero-order chi connectivity index (χ0) is 11.7. The molecule has 0 saturated heterocycles. The summed E-state index contributed by atoms with van der Waals surface area (Å²) >= 11 is 6.12. The number of nitrogens with zero attached hydrogens (tertiary/aromatic N) is 2. The van der Waals surface area contributed by atoms with Crippen molar-refractivity contribution in [2.24, 2.45) is 0 Å². The molecule has 1 heterocycles. The van der Waals surface area contributed by atoms with Crippen molar-refractivity contribution in [2.75, 3.05) is 5.32 Å². The SMILES string of the molecule is Clc1ccccc1-c1cnc(NC2CC2)nc1. The average molecular weight is 246 g/mol. The molecule has 86 valence electrons. The molecule has 1 fully saturated rings. The lowest BCUT2D eigenvalue weighted by Gasteiger charge is -2.05. The molecule has 1 saturated carbocycles. The van der Waals surface area contributed by atoms with Gasteiger partial charge in [0, 0.05) is 34.6 Å². The van der Waals surface area contributed by atoms with E-state index in [0.717, 1.165) is 16.1 Å². The molecule has 0 spiro atoms. The first-order valence-corrected chi connectivity index (χ1v) is 6.04. The van der Waals surface area contributed by atoms with E-state index >= 15 is 0 Å². The monoisotopic (exact) mass is 245 g/mol. The zero-order valence-corrected chi connectivity index (χ0v) is 9.98. The van der Waals surface area contributed by atoms with Gasteiger partial charge in [-0.2, -0.15) is 0 Å². The molecule has 0 unspecified atom stereocenters. The van der Waals surface area contributed by atoms with Crippen LogP contribution in [0.1, 0.15) is 12.8 Å². The Morgan fingerprint density at radius 2 is 1.82 bits per heavy atom. The summed E-state index contributed by atoms with van der Waals surface area (Å²) in [6.45, 7) is 0. The van der Waals surface area contributed by atoms with E-state index in [9.17, 15) is 0 Å². The van der Waals surface area contributed by atoms with E-state index in [1.54, 1.807) is 12.4 Å². The highest BCUT2D eigenvalue weighted by Crippen LogP contribution is 2.27. The van der Waals surface area contributed by atoms with Gasteiger partial charge in [-0.3, -0.25) is 0 Å². The molecule has 3 rings (SSSR count). The Kier molecular flexibility index (Phi) is 2.69. The third-order valence-corrected chi connectivity index (χ3v) is 3.08. The van der Waals surface area contributed by atoms with E-state index in [-0.39, 0.29) is 0 Å². The molecule has 17 heavy (non-hydrogen) atoms. The maximum absolute atomic E-state index is 6.12. The molecular weight excluding hydrogens is 234 g/mol. The summed E-state index contributed by atoms with van der Waals surface area (Å²) in [7, 11) is 0. The first kappa shape index (κ1) is 10.5. The predicted molar refractivity (Wildman–Crippen MR) is 69.1 cm³/mol. The third kappa shape index (κ3) is 2.39. The molecular formula is C13H12ClN3. The second-order valence-corrected chi connectivity index (χ2v) is 4.60. The summed E-state index contributed by atoms with van der Waals surface area (Å²) in [4.78, 5) is 8.59. The summed E-state index contributed by atoms with van der Waals surface area (Å²) in [6, 6.07) is 8.27. The van der Waals surface area contributed by atoms with Crippen LogP contribution >= 0.6 is 11.6 Å². The Balaban J connectivity index is 1.86. The van der Waals surface area contributed by atoms with E-state index < -0.39 is 0 Å². The van der Waals surface area contributed by atoms with Crippen LogP contribution in [0.25, 0.3) is 11.1 Å². The van der Waals surface area contributed by atoms with Crippen LogP contribution in [-0.4, -0.2) is 16.0 Å². The van der Waals surface area contributed by atoms with Gasteiger partial charge in [-0.1, -0.05) is 29.8 Å². The van der Waals surface area contributed by atoms with Gasteiger partial charge in [-0.15, -0.1) is 0 Å². The minimum atomic E-state index is 0.571. The van der Waals surface area contributed by atoms with Crippen LogP contribution in [0.3, 0.4) is 0 Å². The van der Waals surface area contributed by atoms with Crippen molar-refractivity contribution >= 4 is 17.5 Å². The number of nitrogens with one attached hydrogen (secondary N) is 1. The normalized spacial score (nSPS) is 14.6. The van der Waals surface area contributed by atoms with Crippen LogP contribution < -0.4 is 5.32 Å². The standard InChI is InChI=1S/C13H12ClN3/c14-12-4-2-1-3-11(12)9-7-15-13(16-8-9)17-10-5-6-10/h1-4,7-8,10H,5-6H2,(H,15,16,17). The highest BCUT2D eigenvalue weighted by atomic mass is 35.5. The van der Waals surface area contributed by atoms with Crippen LogP contribution in [0.4, 0.5) is 5.95 Å². The number of anilines is 1. The van der Waals surface area contributed by atoms with Crippen molar-refractivity contribution in [1.29, 1.82) is 0 Å². The first-order chi connectivity index (χ1) is 8.33. The fraction of sp³-hybridized carbons (Fsp3) is 0.231. The van der Waals surface area contributed by atoms with E-state index in [2.05, 4.69) is 15.3 Å². The van der Waals surface area contributed by atoms with Crippen LogP contribution in [-0.2, 0) is 0 Å². The topological polar surface area (TPSA) is 37.8 Å². The lowest BCUT2D eigenvalue weighted by Crippen LogP contribution is -2.04. The molecule has 1 aromatic heterocycles. The van der Waals surface area contributed by atoms with Gasteiger partial charge in [0.05, 0.1) is 0 Å². The number of aromatic nitrogens is 2. The van der Waals surface area contributed by atoms with Gasteiger partial charge in [-0.05, 0) is 18.9 Å². The molecule has 4 heteroatoms. The molecule has 1 aromatic carbocycles. The average Bonchev–Trinajstić information content (AvgIpc) is 3.15. The first-order valence-electron chi connectivity index (χ1n) is 5.66. The van der Waals surface area contributed by atoms with Crippen LogP contribution in [0.5, 0.6) is 0 Å². The molecule has 1 aliphatic carbocycles. The zero-order valence-electron chi connectivity index (χ0n) is 9.23. The minimum absolute atomic E-state index is 0.571. The Labute approximate surface area is 105 Å². The van der Waals surface area contributed by atoms with Gasteiger partial charge >= 0.3 is 0 Å². The second-order valence-electron chi connectivity index (χ2n) is 4.19. The molecule has 0 atom stereocenters. The molecule has 2 aromatic rings. The van der Waals surface area contributed by atoms with E-state index in [0.29, 0.717) is 12.0 Å². The van der Waals surface area contributed by atoms with Crippen molar-refractivity contribution in [2.45, 2.75) is 18.9 Å². The fourth-order valence-corrected chi connectivity index (χ4v) is 1.89. The summed E-state index contributed by atoms with van der Waals surface area (Å²) in [6.07, 6.45) is 6.04. The molecule has 0 radical (unpaired) electrons. The van der Waals surface area contributed by atoms with Gasteiger partial charge in [-0.25, -0.2) is 9.97 Å². The van der Waals surface area contributed by atoms with Crippen molar-refractivity contribution in [3.8, 4) is 11.1 Å². The smallest absolute Gasteiger partial charge is 0.222 e. The van der Waals surface area contributed by atoms with Gasteiger partial charge in [0.2, 0.25) is 5.95 Å². The predicted octanol–water partition coefficient (Wildman–Crippen LogP) is 3.37. The highest BCUT2D eigenvalue weighted by molar-refractivity contribution is 6.33. The Morgan fingerprint density at radius 1 is 1.12 bits per heavy atom. The largest absolute Gasteiger partial charge is 0.351 e. The quantitative estimate of drug-likeness (QED) is 0.901. The lowest BCUT2D eigenvalue weighted by atomic mass is 10.1. The summed E-state index contributed by atoms with van der Waals surface area (Å²) in [5.74, 6) is 0.698. The van der Waals surface area contributed by atoms with Crippen LogP contribution in [0, 0.1) is 0 Å². The van der Waals surface area contributed by atoms with Crippen molar-refractivity contribution < 1.29 is 0 Å². The third-order valence-electron chi connectivity index (χ3n) is 2.75. The Bertz CT molecular complexity index is 520. The van der Waals surface area contributed by atoms with Crippen molar-refractivity contribution in [1.82, 2.24) is 9.97 Å². The van der Waals surface area contributed by atoms with Gasteiger partial charge in [0.1, 0.15) is 0 Å². The van der Waals surface area contributed by atoms with Crippen LogP contribution in [0.15, 0.2) is 36.7 Å². The number of hydrogen-bond donors (Lipinski definition) is 1. The molecule has 3 nitrogen and oxygen atoms in total. The number of halogens is 1. The van der Waals surface area contributed by atoms with E-state index in [1.807, 2.05) is 24.3 Å². The van der Waals surface area contributed by atoms with Crippen molar-refractivity contribution in [3.05, 3.63) is 41.7 Å². The summed E-state index contributed by atoms with van der Waals surface area (Å²) in [5, 5.41) is 3.98. The number of hydrogen-bond acceptors (Lipinski definition) is 3. The fourth-order valence-electron chi connectivity index (χ4n) is 1.65. The molecule has 0 aliphatic heterocycles. The minimum Gasteiger partial charge on any atom is -0.351 e. The maximum atomic E-state index is 6.12. The molecule has 0 bridgehead atoms. The number of benzene rings is 1. The molecule has 1 aliphatic rings. The van der Waals surface area contributed by atoms with Crippen molar-refractivity contribution in [3.63, 3.8) is 0 Å². The highest BCUT2D eigenvalue weighted by Gasteiger charge is 2.21. The lowest BCUT2D eigenvalue weighted by molar-refractivity contribution is 1.05. The maximum Gasteiger partial charge on any atom is 0.222 e. The van der Waals surface area contributed by atoms with E-state index in [1.165, 1.54) is 12.8 Å².